The summed E-state index contributed by atoms with van der Waals surface area (Å²) in [6, 6.07) is 9.31. The van der Waals surface area contributed by atoms with E-state index in [9.17, 15) is 0 Å². The lowest BCUT2D eigenvalue weighted by molar-refractivity contribution is 0.524. The van der Waals surface area contributed by atoms with E-state index in [1.54, 1.807) is 11.3 Å². The van der Waals surface area contributed by atoms with Crippen LogP contribution in [0.15, 0.2) is 24.3 Å². The van der Waals surface area contributed by atoms with Gasteiger partial charge in [0.25, 0.3) is 0 Å². The van der Waals surface area contributed by atoms with E-state index >= 15 is 0 Å². The lowest BCUT2D eigenvalue weighted by Gasteiger charge is -2.22. The molecule has 0 bridgehead atoms. The molecule has 0 aliphatic carbocycles. The fraction of sp³-hybridized carbons (Fsp3) is 0.471. The third-order valence-corrected chi connectivity index (χ3v) is 4.68. The van der Waals surface area contributed by atoms with Crippen LogP contribution in [0.2, 0.25) is 0 Å². The molecular formula is C17H24N2S. The molecule has 1 unspecified atom stereocenters. The third-order valence-electron chi connectivity index (χ3n) is 3.54. The van der Waals surface area contributed by atoms with Gasteiger partial charge in [0.2, 0.25) is 0 Å². The summed E-state index contributed by atoms with van der Waals surface area (Å²) >= 11 is 1.80. The van der Waals surface area contributed by atoms with E-state index in [1.807, 2.05) is 0 Å². The molecule has 2 nitrogen and oxygen atoms in total. The highest BCUT2D eigenvalue weighted by Crippen LogP contribution is 2.30. The van der Waals surface area contributed by atoms with Crippen LogP contribution < -0.4 is 5.32 Å². The molecule has 0 aliphatic heterocycles. The minimum atomic E-state index is 0.198. The van der Waals surface area contributed by atoms with Crippen LogP contribution in [0, 0.1) is 13.8 Å². The molecule has 0 fully saturated rings. The van der Waals surface area contributed by atoms with E-state index in [1.165, 1.54) is 21.0 Å². The smallest absolute Gasteiger partial charge is 0.115 e. The molecule has 108 valence electrons. The zero-order valence-electron chi connectivity index (χ0n) is 13.0. The predicted octanol–water partition coefficient (Wildman–Crippen LogP) is 4.41. The van der Waals surface area contributed by atoms with Crippen LogP contribution in [0.3, 0.4) is 0 Å². The quantitative estimate of drug-likeness (QED) is 0.881. The number of nitrogens with one attached hydrogen (secondary N) is 1. The Kier molecular flexibility index (Phi) is 4.95. The van der Waals surface area contributed by atoms with E-state index in [4.69, 9.17) is 4.98 Å². The second kappa shape index (κ2) is 6.51. The van der Waals surface area contributed by atoms with Gasteiger partial charge in [-0.2, -0.15) is 0 Å². The Hall–Kier alpha value is -1.19. The van der Waals surface area contributed by atoms with Crippen molar-refractivity contribution in [3.63, 3.8) is 0 Å². The molecule has 0 amide bonds. The Bertz CT molecular complexity index is 553. The van der Waals surface area contributed by atoms with Gasteiger partial charge in [0.15, 0.2) is 0 Å². The molecule has 1 aromatic heterocycles. The largest absolute Gasteiger partial charge is 0.302 e. The van der Waals surface area contributed by atoms with Crippen LogP contribution in [0.4, 0.5) is 0 Å². The maximum Gasteiger partial charge on any atom is 0.115 e. The number of benzene rings is 1. The van der Waals surface area contributed by atoms with Gasteiger partial charge >= 0.3 is 0 Å². The number of aromatic nitrogens is 1. The van der Waals surface area contributed by atoms with Gasteiger partial charge in [-0.1, -0.05) is 31.2 Å². The summed E-state index contributed by atoms with van der Waals surface area (Å²) in [5, 5.41) is 4.85. The van der Waals surface area contributed by atoms with Crippen LogP contribution in [-0.2, 0) is 6.42 Å². The Morgan fingerprint density at radius 3 is 2.45 bits per heavy atom. The highest BCUT2D eigenvalue weighted by atomic mass is 32.1. The average molecular weight is 288 g/mol. The molecule has 0 aliphatic rings. The standard InChI is InChI=1S/C17H24N2S/c1-6-14-9-7-8-10-15(14)16(18-11(2)3)17-19-12(4)13(5)20-17/h7-11,16,18H,6H2,1-5H3. The number of thiazole rings is 1. The zero-order chi connectivity index (χ0) is 14.7. The monoisotopic (exact) mass is 288 g/mol. The minimum absolute atomic E-state index is 0.198. The Morgan fingerprint density at radius 1 is 1.20 bits per heavy atom. The first-order valence-corrected chi connectivity index (χ1v) is 8.12. The molecule has 2 aromatic rings. The summed E-state index contributed by atoms with van der Waals surface area (Å²) in [4.78, 5) is 6.08. The maximum absolute atomic E-state index is 4.77. The number of aryl methyl sites for hydroxylation is 3. The number of nitrogens with zero attached hydrogens (tertiary/aromatic N) is 1. The molecular weight excluding hydrogens is 264 g/mol. The lowest BCUT2D eigenvalue weighted by Crippen LogP contribution is -2.29. The topological polar surface area (TPSA) is 24.9 Å². The van der Waals surface area contributed by atoms with Gasteiger partial charge in [0, 0.05) is 10.9 Å². The molecule has 0 radical (unpaired) electrons. The fourth-order valence-electron chi connectivity index (χ4n) is 2.39. The molecule has 0 saturated heterocycles. The average Bonchev–Trinajstić information content (AvgIpc) is 2.75. The van der Waals surface area contributed by atoms with Crippen molar-refractivity contribution in [2.45, 2.75) is 53.1 Å². The predicted molar refractivity (Wildman–Crippen MR) is 87.5 cm³/mol. The highest BCUT2D eigenvalue weighted by molar-refractivity contribution is 7.11. The van der Waals surface area contributed by atoms with Crippen LogP contribution in [0.5, 0.6) is 0 Å². The Balaban J connectivity index is 2.46. The molecule has 1 heterocycles. The molecule has 2 rings (SSSR count). The summed E-state index contributed by atoms with van der Waals surface area (Å²) < 4.78 is 0. The second-order valence-electron chi connectivity index (χ2n) is 5.50. The first kappa shape index (κ1) is 15.2. The summed E-state index contributed by atoms with van der Waals surface area (Å²) in [5.74, 6) is 0. The molecule has 1 N–H and O–H groups in total. The van der Waals surface area contributed by atoms with Crippen LogP contribution in [-0.4, -0.2) is 11.0 Å². The third kappa shape index (κ3) is 3.28. The van der Waals surface area contributed by atoms with Crippen molar-refractivity contribution in [3.8, 4) is 0 Å². The van der Waals surface area contributed by atoms with Crippen molar-refractivity contribution in [1.82, 2.24) is 10.3 Å². The summed E-state index contributed by atoms with van der Waals surface area (Å²) in [6.45, 7) is 10.8. The van der Waals surface area contributed by atoms with Gasteiger partial charge in [-0.15, -0.1) is 11.3 Å². The summed E-state index contributed by atoms with van der Waals surface area (Å²) in [7, 11) is 0. The minimum Gasteiger partial charge on any atom is -0.302 e. The molecule has 1 aromatic carbocycles. The van der Waals surface area contributed by atoms with E-state index in [-0.39, 0.29) is 6.04 Å². The van der Waals surface area contributed by atoms with Crippen molar-refractivity contribution in [2.24, 2.45) is 0 Å². The Labute approximate surface area is 126 Å². The van der Waals surface area contributed by atoms with Gasteiger partial charge in [0.1, 0.15) is 5.01 Å². The lowest BCUT2D eigenvalue weighted by atomic mass is 9.98. The second-order valence-corrected chi connectivity index (χ2v) is 6.74. The van der Waals surface area contributed by atoms with Crippen LogP contribution in [0.25, 0.3) is 0 Å². The van der Waals surface area contributed by atoms with Crippen molar-refractivity contribution >= 4 is 11.3 Å². The molecule has 0 saturated carbocycles. The molecule has 0 spiro atoms. The van der Waals surface area contributed by atoms with E-state index in [2.05, 4.69) is 64.2 Å². The van der Waals surface area contributed by atoms with Crippen molar-refractivity contribution in [1.29, 1.82) is 0 Å². The van der Waals surface area contributed by atoms with E-state index in [0.717, 1.165) is 12.1 Å². The zero-order valence-corrected chi connectivity index (χ0v) is 13.8. The summed E-state index contributed by atoms with van der Waals surface area (Å²) in [6.07, 6.45) is 1.05. The number of hydrogen-bond acceptors (Lipinski definition) is 3. The van der Waals surface area contributed by atoms with E-state index < -0.39 is 0 Å². The number of hydrogen-bond donors (Lipinski definition) is 1. The van der Waals surface area contributed by atoms with Gasteiger partial charge in [-0.3, -0.25) is 0 Å². The summed E-state index contributed by atoms with van der Waals surface area (Å²) in [5.41, 5.74) is 3.91. The normalized spacial score (nSPS) is 12.9. The molecule has 20 heavy (non-hydrogen) atoms. The maximum atomic E-state index is 4.77. The van der Waals surface area contributed by atoms with Gasteiger partial charge in [-0.05, 0) is 45.2 Å². The van der Waals surface area contributed by atoms with Crippen LogP contribution in [0.1, 0.15) is 53.5 Å². The molecule has 3 heteroatoms. The first-order chi connectivity index (χ1) is 9.52. The highest BCUT2D eigenvalue weighted by Gasteiger charge is 2.21. The van der Waals surface area contributed by atoms with Gasteiger partial charge < -0.3 is 5.32 Å². The molecule has 1 atom stereocenters. The fourth-order valence-corrected chi connectivity index (χ4v) is 3.39. The van der Waals surface area contributed by atoms with Gasteiger partial charge in [-0.25, -0.2) is 4.98 Å². The van der Waals surface area contributed by atoms with Crippen molar-refractivity contribution < 1.29 is 0 Å². The Morgan fingerprint density at radius 2 is 1.90 bits per heavy atom. The van der Waals surface area contributed by atoms with Crippen molar-refractivity contribution in [3.05, 3.63) is 51.0 Å². The first-order valence-electron chi connectivity index (χ1n) is 7.30. The van der Waals surface area contributed by atoms with Gasteiger partial charge in [0.05, 0.1) is 11.7 Å². The van der Waals surface area contributed by atoms with Crippen LogP contribution >= 0.6 is 11.3 Å². The van der Waals surface area contributed by atoms with E-state index in [0.29, 0.717) is 6.04 Å². The van der Waals surface area contributed by atoms with Crippen molar-refractivity contribution in [2.75, 3.05) is 0 Å². The number of rotatable bonds is 5. The SMILES string of the molecule is CCc1ccccc1C(NC(C)C)c1nc(C)c(C)s1.